The molecule has 0 radical (unpaired) electrons. The Morgan fingerprint density at radius 3 is 2.79 bits per heavy atom. The molecule has 0 saturated carbocycles. The molecule has 2 atom stereocenters. The summed E-state index contributed by atoms with van der Waals surface area (Å²) in [6, 6.07) is 13.3. The zero-order valence-corrected chi connectivity index (χ0v) is 17.4. The maximum atomic E-state index is 11.5. The van der Waals surface area contributed by atoms with Gasteiger partial charge in [-0.25, -0.2) is 4.79 Å². The van der Waals surface area contributed by atoms with Crippen LogP contribution in [0, 0.1) is 5.92 Å². The molecule has 0 heterocycles. The number of methoxy groups -OCH3 is 1. The van der Waals surface area contributed by atoms with E-state index in [0.717, 1.165) is 42.6 Å². The minimum absolute atomic E-state index is 0. The fourth-order valence-electron chi connectivity index (χ4n) is 3.83. The first-order chi connectivity index (χ1) is 13.5. The van der Waals surface area contributed by atoms with Gasteiger partial charge in [0, 0.05) is 11.4 Å². The van der Waals surface area contributed by atoms with E-state index in [1.54, 1.807) is 6.07 Å². The van der Waals surface area contributed by atoms with E-state index in [2.05, 4.69) is 10.1 Å². The number of benzene rings is 2. The smallest absolute Gasteiger partial charge is 0.411 e. The third-order valence-corrected chi connectivity index (χ3v) is 5.15. The molecule has 3 rings (SSSR count). The first-order valence-electron chi connectivity index (χ1n) is 9.67. The normalized spacial score (nSPS) is 16.6. The lowest BCUT2D eigenvalue weighted by atomic mass is 9.91. The van der Waals surface area contributed by atoms with Crippen LogP contribution in [0.4, 0.5) is 16.2 Å². The lowest BCUT2D eigenvalue weighted by molar-refractivity contribution is 0.0833. The molecule has 2 aromatic carbocycles. The Labute approximate surface area is 177 Å². The number of aliphatic hydroxyl groups is 1. The van der Waals surface area contributed by atoms with Crippen molar-refractivity contribution in [2.24, 2.45) is 5.92 Å². The van der Waals surface area contributed by atoms with Crippen molar-refractivity contribution in [3.63, 3.8) is 0 Å². The summed E-state index contributed by atoms with van der Waals surface area (Å²) >= 11 is 0. The molecule has 7 heteroatoms. The van der Waals surface area contributed by atoms with E-state index in [-0.39, 0.29) is 19.0 Å². The van der Waals surface area contributed by atoms with Gasteiger partial charge in [-0.15, -0.1) is 12.4 Å². The van der Waals surface area contributed by atoms with Crippen LogP contribution in [0.5, 0.6) is 5.75 Å². The molecule has 0 bridgehead atoms. The summed E-state index contributed by atoms with van der Waals surface area (Å²) < 4.78 is 10.3. The fraction of sp³-hybridized carbons (Fsp3) is 0.409. The monoisotopic (exact) mass is 420 g/mol. The molecule has 0 spiro atoms. The number of aliphatic hydroxyl groups excluding tert-OH is 1. The van der Waals surface area contributed by atoms with Gasteiger partial charge in [-0.3, -0.25) is 5.32 Å². The van der Waals surface area contributed by atoms with Crippen molar-refractivity contribution in [2.75, 3.05) is 24.8 Å². The molecular formula is C22H29ClN2O4. The van der Waals surface area contributed by atoms with Crippen LogP contribution in [0.25, 0.3) is 0 Å². The number of hydrogen-bond acceptors (Lipinski definition) is 5. The Morgan fingerprint density at radius 2 is 2.07 bits per heavy atom. The summed E-state index contributed by atoms with van der Waals surface area (Å²) in [6.07, 6.45) is 3.40. The van der Waals surface area contributed by atoms with Crippen LogP contribution in [-0.2, 0) is 17.6 Å². The fourth-order valence-corrected chi connectivity index (χ4v) is 3.83. The molecule has 2 aromatic rings. The van der Waals surface area contributed by atoms with Crippen LogP contribution >= 0.6 is 12.4 Å². The van der Waals surface area contributed by atoms with E-state index < -0.39 is 12.2 Å². The van der Waals surface area contributed by atoms with Crippen LogP contribution in [0.15, 0.2) is 42.5 Å². The predicted octanol–water partition coefficient (Wildman–Crippen LogP) is 4.19. The second-order valence-corrected chi connectivity index (χ2v) is 7.30. The molecule has 4 N–H and O–H groups in total. The Kier molecular flexibility index (Phi) is 8.61. The van der Waals surface area contributed by atoms with Crippen molar-refractivity contribution >= 4 is 29.9 Å². The Morgan fingerprint density at radius 1 is 1.31 bits per heavy atom. The third kappa shape index (κ3) is 6.54. The van der Waals surface area contributed by atoms with Crippen molar-refractivity contribution in [3.05, 3.63) is 53.6 Å². The number of nitrogens with two attached hydrogens (primary N) is 1. The highest BCUT2D eigenvalue weighted by atomic mass is 35.5. The number of nitrogen functional groups attached to an aromatic ring is 1. The summed E-state index contributed by atoms with van der Waals surface area (Å²) in [7, 11) is 1.33. The van der Waals surface area contributed by atoms with Gasteiger partial charge in [0.15, 0.2) is 0 Å². The number of hydrogen-bond donors (Lipinski definition) is 3. The Hall–Kier alpha value is -2.44. The Balaban J connectivity index is 0.00000300. The van der Waals surface area contributed by atoms with Gasteiger partial charge in [-0.1, -0.05) is 18.2 Å². The second-order valence-electron chi connectivity index (χ2n) is 7.30. The van der Waals surface area contributed by atoms with Crippen LogP contribution in [-0.4, -0.2) is 31.0 Å². The summed E-state index contributed by atoms with van der Waals surface area (Å²) in [5.41, 5.74) is 9.83. The summed E-state index contributed by atoms with van der Waals surface area (Å²) in [5, 5.41) is 13.1. The zero-order chi connectivity index (χ0) is 19.9. The van der Waals surface area contributed by atoms with Crippen molar-refractivity contribution in [1.29, 1.82) is 0 Å². The molecular weight excluding hydrogens is 392 g/mol. The lowest BCUT2D eigenvalue weighted by Gasteiger charge is -2.20. The van der Waals surface area contributed by atoms with Crippen molar-refractivity contribution < 1.29 is 19.4 Å². The highest BCUT2D eigenvalue weighted by Crippen LogP contribution is 2.33. The summed E-state index contributed by atoms with van der Waals surface area (Å²) in [5.74, 6) is 1.10. The number of carbonyl (C=O) groups is 1. The highest BCUT2D eigenvalue weighted by Gasteiger charge is 2.22. The van der Waals surface area contributed by atoms with E-state index in [1.807, 2.05) is 36.4 Å². The number of amides is 1. The SMILES string of the molecule is COC(=O)Nc1cc(N)c2c(c1)CC(C[C@H](O)COc1ccccc1)CCC2.Cl. The molecule has 1 amide bonds. The maximum Gasteiger partial charge on any atom is 0.411 e. The van der Waals surface area contributed by atoms with Crippen LogP contribution in [0.1, 0.15) is 30.4 Å². The number of rotatable bonds is 6. The number of nitrogens with one attached hydrogen (secondary N) is 1. The topological polar surface area (TPSA) is 93.8 Å². The van der Waals surface area contributed by atoms with Gasteiger partial charge < -0.3 is 20.3 Å². The van der Waals surface area contributed by atoms with E-state index in [9.17, 15) is 9.90 Å². The lowest BCUT2D eigenvalue weighted by Crippen LogP contribution is -2.22. The van der Waals surface area contributed by atoms with Crippen LogP contribution in [0.3, 0.4) is 0 Å². The van der Waals surface area contributed by atoms with E-state index in [0.29, 0.717) is 23.7 Å². The third-order valence-electron chi connectivity index (χ3n) is 5.15. The van der Waals surface area contributed by atoms with Crippen molar-refractivity contribution in [1.82, 2.24) is 0 Å². The quantitative estimate of drug-likeness (QED) is 0.481. The first-order valence-corrected chi connectivity index (χ1v) is 9.67. The van der Waals surface area contributed by atoms with Gasteiger partial charge in [0.05, 0.1) is 13.2 Å². The van der Waals surface area contributed by atoms with Gasteiger partial charge in [0.25, 0.3) is 0 Å². The van der Waals surface area contributed by atoms with E-state index in [4.69, 9.17) is 10.5 Å². The van der Waals surface area contributed by atoms with E-state index >= 15 is 0 Å². The highest BCUT2D eigenvalue weighted by molar-refractivity contribution is 5.86. The molecule has 158 valence electrons. The van der Waals surface area contributed by atoms with Gasteiger partial charge >= 0.3 is 6.09 Å². The maximum absolute atomic E-state index is 11.5. The minimum atomic E-state index is -0.527. The molecule has 0 aromatic heterocycles. The Bertz CT molecular complexity index is 801. The summed E-state index contributed by atoms with van der Waals surface area (Å²) in [4.78, 5) is 11.5. The number of anilines is 2. The summed E-state index contributed by atoms with van der Waals surface area (Å²) in [6.45, 7) is 0.277. The number of ether oxygens (including phenoxy) is 2. The number of halogens is 1. The molecule has 6 nitrogen and oxygen atoms in total. The van der Waals surface area contributed by atoms with Gasteiger partial charge in [0.2, 0.25) is 0 Å². The van der Waals surface area contributed by atoms with Crippen LogP contribution in [0.2, 0.25) is 0 Å². The average molecular weight is 421 g/mol. The van der Waals surface area contributed by atoms with Crippen LogP contribution < -0.4 is 15.8 Å². The molecule has 29 heavy (non-hydrogen) atoms. The number of carbonyl (C=O) groups excluding carboxylic acids is 1. The molecule has 0 aliphatic heterocycles. The zero-order valence-electron chi connectivity index (χ0n) is 16.6. The van der Waals surface area contributed by atoms with Gasteiger partial charge in [-0.2, -0.15) is 0 Å². The molecule has 0 saturated heterocycles. The molecule has 1 aliphatic rings. The standard InChI is InChI=1S/C22H28N2O4.ClH/c1-27-22(26)24-17-12-16-10-15(6-5-9-20(16)21(23)13-17)11-18(25)14-28-19-7-3-2-4-8-19;/h2-4,7-8,12-13,15,18,25H,5-6,9-11,14,23H2,1H3,(H,24,26);1H/t15?,18-;/m0./s1. The van der Waals surface area contributed by atoms with Crippen molar-refractivity contribution in [3.8, 4) is 5.75 Å². The second kappa shape index (κ2) is 10.9. The molecule has 0 fully saturated rings. The number of para-hydroxylation sites is 1. The van der Waals surface area contributed by atoms with Gasteiger partial charge in [-0.05, 0) is 73.4 Å². The van der Waals surface area contributed by atoms with E-state index in [1.165, 1.54) is 7.11 Å². The molecule has 1 aliphatic carbocycles. The minimum Gasteiger partial charge on any atom is -0.491 e. The molecule has 1 unspecified atom stereocenters. The predicted molar refractivity (Wildman–Crippen MR) is 117 cm³/mol. The number of fused-ring (bicyclic) bond motifs is 1. The first kappa shape index (κ1) is 22.8. The van der Waals surface area contributed by atoms with Gasteiger partial charge in [0.1, 0.15) is 12.4 Å². The average Bonchev–Trinajstić information content (AvgIpc) is 2.89. The van der Waals surface area contributed by atoms with Crippen molar-refractivity contribution in [2.45, 2.75) is 38.2 Å². The largest absolute Gasteiger partial charge is 0.491 e.